The summed E-state index contributed by atoms with van der Waals surface area (Å²) >= 11 is 0. The van der Waals surface area contributed by atoms with Crippen molar-refractivity contribution in [1.29, 1.82) is 0 Å². The van der Waals surface area contributed by atoms with E-state index in [4.69, 9.17) is 29.9 Å². The highest BCUT2D eigenvalue weighted by Gasteiger charge is 2.32. The quantitative estimate of drug-likeness (QED) is 0.157. The second-order valence-electron chi connectivity index (χ2n) is 34.2. The van der Waals surface area contributed by atoms with Crippen LogP contribution in [0.25, 0.3) is 133 Å². The van der Waals surface area contributed by atoms with Crippen molar-refractivity contribution in [2.75, 3.05) is 0 Å². The summed E-state index contributed by atoms with van der Waals surface area (Å²) in [5.74, 6) is 2.28. The number of rotatable bonds is 0. The van der Waals surface area contributed by atoms with Gasteiger partial charge in [0, 0.05) is 43.8 Å². The molecule has 2 aliphatic rings. The van der Waals surface area contributed by atoms with Gasteiger partial charge in [-0.3, -0.25) is 0 Å². The van der Waals surface area contributed by atoms with Crippen LogP contribution in [0.15, 0.2) is 97.1 Å². The van der Waals surface area contributed by atoms with Gasteiger partial charge in [0.1, 0.15) is 22.6 Å². The molecule has 5 heterocycles. The molecule has 8 bridgehead atoms. The highest BCUT2D eigenvalue weighted by Crippen LogP contribution is 2.48. The monoisotopic (exact) mass is 1160 g/mol. The molecule has 88 heavy (non-hydrogen) atoms. The summed E-state index contributed by atoms with van der Waals surface area (Å²) in [5.41, 5.74) is 15.7. The van der Waals surface area contributed by atoms with Crippen LogP contribution in [0.3, 0.4) is 0 Å². The molecule has 2 N–H and O–H groups in total. The van der Waals surface area contributed by atoms with E-state index in [9.17, 15) is 0 Å². The molecule has 8 aromatic carbocycles. The molecule has 450 valence electrons. The predicted octanol–water partition coefficient (Wildman–Crippen LogP) is 21.9. The first-order valence-corrected chi connectivity index (χ1v) is 31.9. The Labute approximate surface area is 520 Å². The van der Waals surface area contributed by atoms with Gasteiger partial charge in [-0.1, -0.05) is 215 Å². The summed E-state index contributed by atoms with van der Waals surface area (Å²) in [6, 6.07) is 37.8. The van der Waals surface area contributed by atoms with Crippen molar-refractivity contribution in [3.63, 3.8) is 0 Å². The van der Waals surface area contributed by atoms with Crippen LogP contribution in [0, 0.1) is 0 Å². The molecule has 0 saturated heterocycles. The molecular formula is C80H90N8. The summed E-state index contributed by atoms with van der Waals surface area (Å²) in [7, 11) is 0. The number of nitrogens with zero attached hydrogens (tertiary/aromatic N) is 6. The van der Waals surface area contributed by atoms with Crippen molar-refractivity contribution in [3.8, 4) is 45.6 Å². The lowest BCUT2D eigenvalue weighted by Crippen LogP contribution is -2.16. The molecule has 8 heteroatoms. The molecule has 0 unspecified atom stereocenters. The van der Waals surface area contributed by atoms with Gasteiger partial charge in [0.2, 0.25) is 0 Å². The molecule has 0 amide bonds. The predicted molar refractivity (Wildman–Crippen MR) is 376 cm³/mol. The smallest absolute Gasteiger partial charge is 0.164 e. The molecule has 0 spiro atoms. The molecular weight excluding hydrogens is 1070 g/mol. The highest BCUT2D eigenvalue weighted by molar-refractivity contribution is 6.15. The minimum Gasteiger partial charge on any atom is -0.324 e. The first-order valence-electron chi connectivity index (χ1n) is 31.9. The summed E-state index contributed by atoms with van der Waals surface area (Å²) in [5, 5.41) is 13.2. The van der Waals surface area contributed by atoms with Crippen LogP contribution in [0.5, 0.6) is 0 Å². The van der Waals surface area contributed by atoms with E-state index in [0.29, 0.717) is 45.9 Å². The Kier molecular flexibility index (Phi) is 12.7. The zero-order chi connectivity index (χ0) is 63.4. The minimum atomic E-state index is -0.161. The molecule has 2 aliphatic heterocycles. The van der Waals surface area contributed by atoms with Gasteiger partial charge in [0.15, 0.2) is 23.3 Å². The SMILES string of the molecule is CC(C)(C)c1cc(C(C)(C)C)c2cc3c(cc2c1)-c1nc-3nc2nc(nc3[nH]c(nc4[nH]c(n1)c1cc5c(C(C)(C)C)cc(C(C)(C)C)cc5cc41)c1cc4c(C(C)(C)C)cc(C(C)(C)C)cc4cc31)-c1cc3c(C(C)(C)C)cc(C(C)(C)C)cc3cc1-2. The molecule has 0 aliphatic carbocycles. The van der Waals surface area contributed by atoms with E-state index in [1.807, 2.05) is 0 Å². The molecule has 0 radical (unpaired) electrons. The van der Waals surface area contributed by atoms with Gasteiger partial charge in [-0.2, -0.15) is 0 Å². The molecule has 3 aromatic heterocycles. The van der Waals surface area contributed by atoms with Crippen molar-refractivity contribution in [2.45, 2.75) is 209 Å². The molecule has 11 aromatic rings. The number of benzene rings is 8. The van der Waals surface area contributed by atoms with Crippen LogP contribution in [0.1, 0.15) is 211 Å². The molecule has 0 atom stereocenters. The highest BCUT2D eigenvalue weighted by atomic mass is 15.1. The van der Waals surface area contributed by atoms with E-state index in [-0.39, 0.29) is 43.3 Å². The van der Waals surface area contributed by atoms with Crippen LogP contribution in [0.4, 0.5) is 0 Å². The van der Waals surface area contributed by atoms with Crippen molar-refractivity contribution < 1.29 is 0 Å². The van der Waals surface area contributed by atoms with Crippen molar-refractivity contribution in [2.24, 2.45) is 0 Å². The Morgan fingerprint density at radius 2 is 0.432 bits per heavy atom. The minimum absolute atomic E-state index is 0.0802. The second kappa shape index (κ2) is 18.9. The van der Waals surface area contributed by atoms with E-state index >= 15 is 0 Å². The number of hydrogen-bond donors (Lipinski definition) is 2. The fourth-order valence-corrected chi connectivity index (χ4v) is 13.4. The summed E-state index contributed by atoms with van der Waals surface area (Å²) in [6.45, 7) is 55.4. The topological polar surface area (TPSA) is 109 Å². The third kappa shape index (κ3) is 9.96. The van der Waals surface area contributed by atoms with Crippen LogP contribution < -0.4 is 0 Å². The number of nitrogens with one attached hydrogen (secondary N) is 2. The van der Waals surface area contributed by atoms with E-state index in [1.165, 1.54) is 66.1 Å². The Bertz CT molecular complexity index is 5020. The Balaban J connectivity index is 1.25. The lowest BCUT2D eigenvalue weighted by Gasteiger charge is -2.27. The van der Waals surface area contributed by atoms with Gasteiger partial charge in [-0.15, -0.1) is 0 Å². The zero-order valence-corrected chi connectivity index (χ0v) is 56.9. The van der Waals surface area contributed by atoms with E-state index in [1.54, 1.807) is 0 Å². The van der Waals surface area contributed by atoms with Crippen LogP contribution >= 0.6 is 0 Å². The first kappa shape index (κ1) is 59.1. The number of aromatic amines is 2. The molecule has 0 fully saturated rings. The standard InChI is InChI=1S/C80H90N8/c1-73(2,3)45-25-41-29-53-57(37-49(41)61(33-45)77(13,14)15)69-81-65(53)85-70-58-38-50-42(26-46(74(4,5)6)34-62(50)78(16,17)18)30-54(58)67(82-70)87-72-60-40-52-44(28-48(76(10,11)12)36-64(52)80(22,23)24)32-56(60)68(84-72)88-71-59-39-51-43(31-55(59)66(83-71)86-69)27-47(75(7,8)9)35-63(51)79(19,20)21/h25-40H,1-24H3,(H2,81,82,83,84,85,86,87,88). The zero-order valence-electron chi connectivity index (χ0n) is 56.9. The van der Waals surface area contributed by atoms with Gasteiger partial charge < -0.3 is 9.97 Å². The van der Waals surface area contributed by atoms with E-state index in [0.717, 1.165) is 65.3 Å². The first-order chi connectivity index (χ1) is 40.6. The van der Waals surface area contributed by atoms with Crippen LogP contribution in [0.2, 0.25) is 0 Å². The maximum absolute atomic E-state index is 5.78. The third-order valence-corrected chi connectivity index (χ3v) is 18.8. The van der Waals surface area contributed by atoms with Gasteiger partial charge in [0.05, 0.1) is 0 Å². The lowest BCUT2D eigenvalue weighted by atomic mass is 9.77. The lowest BCUT2D eigenvalue weighted by molar-refractivity contribution is 0.572. The largest absolute Gasteiger partial charge is 0.324 e. The number of hydrogen-bond acceptors (Lipinski definition) is 6. The average molecular weight is 1160 g/mol. The number of fused-ring (bicyclic) bond motifs is 24. The average Bonchev–Trinajstić information content (AvgIpc) is 1.48. The van der Waals surface area contributed by atoms with Crippen LogP contribution in [-0.2, 0) is 43.3 Å². The second-order valence-corrected chi connectivity index (χ2v) is 34.2. The Hall–Kier alpha value is -7.84. The van der Waals surface area contributed by atoms with Gasteiger partial charge >= 0.3 is 0 Å². The van der Waals surface area contributed by atoms with Crippen molar-refractivity contribution in [1.82, 2.24) is 39.9 Å². The fourth-order valence-electron chi connectivity index (χ4n) is 13.4. The Morgan fingerprint density at radius 3 is 0.705 bits per heavy atom. The number of aromatic nitrogens is 8. The fraction of sp³-hybridized carbons (Fsp3) is 0.400. The third-order valence-electron chi connectivity index (χ3n) is 18.8. The van der Waals surface area contributed by atoms with Gasteiger partial charge in [-0.25, -0.2) is 29.9 Å². The normalized spacial score (nSPS) is 13.9. The maximum Gasteiger partial charge on any atom is 0.164 e. The summed E-state index contributed by atoms with van der Waals surface area (Å²) < 4.78 is 0. The molecule has 0 saturated carbocycles. The van der Waals surface area contributed by atoms with Crippen LogP contribution in [-0.4, -0.2) is 39.9 Å². The molecule has 8 nitrogen and oxygen atoms in total. The van der Waals surface area contributed by atoms with Gasteiger partial charge in [-0.05, 0) is 179 Å². The number of H-pyrrole nitrogens is 2. The Morgan fingerprint density at radius 1 is 0.205 bits per heavy atom. The van der Waals surface area contributed by atoms with E-state index < -0.39 is 0 Å². The summed E-state index contributed by atoms with van der Waals surface area (Å²) in [4.78, 5) is 41.8. The van der Waals surface area contributed by atoms with Gasteiger partial charge in [0.25, 0.3) is 0 Å². The maximum atomic E-state index is 5.78. The summed E-state index contributed by atoms with van der Waals surface area (Å²) in [6.07, 6.45) is 0. The molecule has 13 rings (SSSR count). The van der Waals surface area contributed by atoms with E-state index in [2.05, 4.69) is 273 Å². The van der Waals surface area contributed by atoms with Crippen molar-refractivity contribution in [3.05, 3.63) is 142 Å². The van der Waals surface area contributed by atoms with Crippen molar-refractivity contribution >= 4 is 87.2 Å².